The Morgan fingerprint density at radius 1 is 1.10 bits per heavy atom. The van der Waals surface area contributed by atoms with E-state index in [4.69, 9.17) is 4.74 Å². The van der Waals surface area contributed by atoms with Crippen LogP contribution in [0.1, 0.15) is 18.4 Å². The number of methoxy groups -OCH3 is 1. The molecule has 0 aliphatic carbocycles. The zero-order chi connectivity index (χ0) is 22.2. The second-order valence-corrected chi connectivity index (χ2v) is 7.36. The number of carbonyl (C=O) groups is 3. The zero-order valence-electron chi connectivity index (χ0n) is 17.3. The van der Waals surface area contributed by atoms with Gasteiger partial charge in [0.05, 0.1) is 19.4 Å². The largest absolute Gasteiger partial charge is 0.482 e. The van der Waals surface area contributed by atoms with Crippen molar-refractivity contribution in [3.05, 3.63) is 59.9 Å². The van der Waals surface area contributed by atoms with E-state index >= 15 is 0 Å². The number of halogens is 1. The van der Waals surface area contributed by atoms with Gasteiger partial charge < -0.3 is 19.7 Å². The number of nitrogens with zero attached hydrogens (tertiary/aromatic N) is 1. The number of hydrogen-bond acceptors (Lipinski definition) is 5. The SMILES string of the molecule is COC(=O)COc1ccc(NC(=O)C2CCCN(C(=O)Cc3ccc(F)cc3)C2)cc1. The van der Waals surface area contributed by atoms with Crippen LogP contribution in [0.25, 0.3) is 0 Å². The first-order valence-electron chi connectivity index (χ1n) is 10.1. The maximum Gasteiger partial charge on any atom is 0.343 e. The van der Waals surface area contributed by atoms with Gasteiger partial charge in [-0.05, 0) is 54.8 Å². The molecule has 7 nitrogen and oxygen atoms in total. The summed E-state index contributed by atoms with van der Waals surface area (Å²) >= 11 is 0. The van der Waals surface area contributed by atoms with Crippen LogP contribution in [0, 0.1) is 11.7 Å². The minimum atomic E-state index is -0.479. The molecule has 1 unspecified atom stereocenters. The molecule has 8 heteroatoms. The monoisotopic (exact) mass is 428 g/mol. The van der Waals surface area contributed by atoms with E-state index in [1.165, 1.54) is 19.2 Å². The van der Waals surface area contributed by atoms with Crippen LogP contribution in [-0.2, 0) is 25.5 Å². The number of benzene rings is 2. The van der Waals surface area contributed by atoms with Gasteiger partial charge in [0, 0.05) is 18.8 Å². The lowest BCUT2D eigenvalue weighted by Crippen LogP contribution is -2.44. The highest BCUT2D eigenvalue weighted by Crippen LogP contribution is 2.21. The highest BCUT2D eigenvalue weighted by molar-refractivity contribution is 5.93. The molecule has 1 aliphatic rings. The van der Waals surface area contributed by atoms with Gasteiger partial charge in [-0.2, -0.15) is 0 Å². The van der Waals surface area contributed by atoms with E-state index < -0.39 is 5.97 Å². The number of piperidine rings is 1. The fourth-order valence-electron chi connectivity index (χ4n) is 3.39. The van der Waals surface area contributed by atoms with Crippen LogP contribution in [-0.4, -0.2) is 49.5 Å². The molecule has 2 aromatic carbocycles. The molecule has 0 aromatic heterocycles. The predicted molar refractivity (Wildman–Crippen MR) is 112 cm³/mol. The van der Waals surface area contributed by atoms with Crippen LogP contribution in [0.5, 0.6) is 5.75 Å². The Balaban J connectivity index is 1.51. The lowest BCUT2D eigenvalue weighted by molar-refractivity contribution is -0.143. The summed E-state index contributed by atoms with van der Waals surface area (Å²) in [5.41, 5.74) is 1.35. The van der Waals surface area contributed by atoms with E-state index in [2.05, 4.69) is 10.1 Å². The number of likely N-dealkylation sites (tertiary alicyclic amines) is 1. The molecule has 1 aliphatic heterocycles. The smallest absolute Gasteiger partial charge is 0.343 e. The van der Waals surface area contributed by atoms with Crippen molar-refractivity contribution in [3.63, 3.8) is 0 Å². The molecule has 0 bridgehead atoms. The summed E-state index contributed by atoms with van der Waals surface area (Å²) in [6.45, 7) is 0.772. The Morgan fingerprint density at radius 3 is 2.48 bits per heavy atom. The van der Waals surface area contributed by atoms with E-state index in [1.54, 1.807) is 41.3 Å². The molecule has 2 amide bonds. The number of esters is 1. The van der Waals surface area contributed by atoms with Crippen molar-refractivity contribution in [2.45, 2.75) is 19.3 Å². The molecule has 1 heterocycles. The van der Waals surface area contributed by atoms with Crippen molar-refractivity contribution in [2.75, 3.05) is 32.1 Å². The summed E-state index contributed by atoms with van der Waals surface area (Å²) < 4.78 is 22.8. The summed E-state index contributed by atoms with van der Waals surface area (Å²) in [5.74, 6) is -0.860. The van der Waals surface area contributed by atoms with Gasteiger partial charge in [-0.25, -0.2) is 9.18 Å². The van der Waals surface area contributed by atoms with Crippen LogP contribution >= 0.6 is 0 Å². The van der Waals surface area contributed by atoms with Crippen molar-refractivity contribution < 1.29 is 28.2 Å². The van der Waals surface area contributed by atoms with Crippen LogP contribution in [0.15, 0.2) is 48.5 Å². The van der Waals surface area contributed by atoms with E-state index in [1.807, 2.05) is 0 Å². The van der Waals surface area contributed by atoms with Crippen molar-refractivity contribution in [1.82, 2.24) is 4.90 Å². The highest BCUT2D eigenvalue weighted by Gasteiger charge is 2.28. The van der Waals surface area contributed by atoms with Gasteiger partial charge in [0.1, 0.15) is 11.6 Å². The molecule has 0 radical (unpaired) electrons. The number of carbonyl (C=O) groups excluding carboxylic acids is 3. The van der Waals surface area contributed by atoms with Gasteiger partial charge in [-0.3, -0.25) is 9.59 Å². The summed E-state index contributed by atoms with van der Waals surface area (Å²) in [5, 5.41) is 2.86. The predicted octanol–water partition coefficient (Wildman–Crippen LogP) is 2.80. The van der Waals surface area contributed by atoms with Crippen molar-refractivity contribution in [1.29, 1.82) is 0 Å². The number of hydrogen-bond donors (Lipinski definition) is 1. The van der Waals surface area contributed by atoms with Crippen molar-refractivity contribution in [2.24, 2.45) is 5.92 Å². The van der Waals surface area contributed by atoms with Crippen LogP contribution in [0.2, 0.25) is 0 Å². The minimum Gasteiger partial charge on any atom is -0.482 e. The van der Waals surface area contributed by atoms with Crippen LogP contribution in [0.3, 0.4) is 0 Å². The summed E-state index contributed by atoms with van der Waals surface area (Å²) in [6.07, 6.45) is 1.63. The average Bonchev–Trinajstić information content (AvgIpc) is 2.80. The molecule has 1 atom stereocenters. The summed E-state index contributed by atoms with van der Waals surface area (Å²) in [6, 6.07) is 12.5. The highest BCUT2D eigenvalue weighted by atomic mass is 19.1. The van der Waals surface area contributed by atoms with E-state index in [-0.39, 0.29) is 36.6 Å². The molecule has 164 valence electrons. The summed E-state index contributed by atoms with van der Waals surface area (Å²) in [7, 11) is 1.28. The number of rotatable bonds is 7. The van der Waals surface area contributed by atoms with Gasteiger partial charge in [0.15, 0.2) is 6.61 Å². The van der Waals surface area contributed by atoms with E-state index in [9.17, 15) is 18.8 Å². The average molecular weight is 428 g/mol. The molecule has 3 rings (SSSR count). The van der Waals surface area contributed by atoms with Gasteiger partial charge in [-0.15, -0.1) is 0 Å². The lowest BCUT2D eigenvalue weighted by Gasteiger charge is -2.32. The molecular formula is C23H25FN2O5. The fourth-order valence-corrected chi connectivity index (χ4v) is 3.39. The van der Waals surface area contributed by atoms with Crippen LogP contribution < -0.4 is 10.1 Å². The Bertz CT molecular complexity index is 915. The third-order valence-corrected chi connectivity index (χ3v) is 5.12. The van der Waals surface area contributed by atoms with Crippen molar-refractivity contribution >= 4 is 23.5 Å². The standard InChI is InChI=1S/C23H25FN2O5/c1-30-22(28)15-31-20-10-8-19(9-11-20)25-23(29)17-3-2-12-26(14-17)21(27)13-16-4-6-18(24)7-5-16/h4-11,17H,2-3,12-15H2,1H3,(H,25,29). The van der Waals surface area contributed by atoms with E-state index in [0.717, 1.165) is 12.0 Å². The molecular weight excluding hydrogens is 403 g/mol. The van der Waals surface area contributed by atoms with Gasteiger partial charge in [0.25, 0.3) is 0 Å². The number of ether oxygens (including phenoxy) is 2. The van der Waals surface area contributed by atoms with Crippen LogP contribution in [0.4, 0.5) is 10.1 Å². The molecule has 0 spiro atoms. The Labute approximate surface area is 180 Å². The molecule has 0 saturated carbocycles. The molecule has 31 heavy (non-hydrogen) atoms. The number of amides is 2. The first-order valence-corrected chi connectivity index (χ1v) is 10.1. The molecule has 1 fully saturated rings. The maximum atomic E-state index is 13.0. The molecule has 2 aromatic rings. The maximum absolute atomic E-state index is 13.0. The minimum absolute atomic E-state index is 0.0729. The molecule has 1 N–H and O–H groups in total. The second kappa shape index (κ2) is 10.6. The Kier molecular flexibility index (Phi) is 7.59. The Hall–Kier alpha value is -3.42. The Morgan fingerprint density at radius 2 is 1.81 bits per heavy atom. The topological polar surface area (TPSA) is 84.9 Å². The summed E-state index contributed by atoms with van der Waals surface area (Å²) in [4.78, 5) is 38.1. The van der Waals surface area contributed by atoms with E-state index in [0.29, 0.717) is 30.9 Å². The normalized spacial score (nSPS) is 15.8. The fraction of sp³-hybridized carbons (Fsp3) is 0.348. The van der Waals surface area contributed by atoms with Gasteiger partial charge >= 0.3 is 5.97 Å². The van der Waals surface area contributed by atoms with Gasteiger partial charge in [0.2, 0.25) is 11.8 Å². The first kappa shape index (κ1) is 22.3. The zero-order valence-corrected chi connectivity index (χ0v) is 17.3. The quantitative estimate of drug-likeness (QED) is 0.686. The first-order chi connectivity index (χ1) is 14.9. The van der Waals surface area contributed by atoms with Gasteiger partial charge in [-0.1, -0.05) is 12.1 Å². The third kappa shape index (κ3) is 6.53. The molecule has 1 saturated heterocycles. The van der Waals surface area contributed by atoms with Crippen molar-refractivity contribution in [3.8, 4) is 5.75 Å². The lowest BCUT2D eigenvalue weighted by atomic mass is 9.96. The number of anilines is 1. The number of nitrogens with one attached hydrogen (secondary N) is 1. The third-order valence-electron chi connectivity index (χ3n) is 5.12. The second-order valence-electron chi connectivity index (χ2n) is 7.36.